The molecule has 2 aromatic carbocycles. The van der Waals surface area contributed by atoms with Gasteiger partial charge in [0.25, 0.3) is 0 Å². The van der Waals surface area contributed by atoms with Crippen molar-refractivity contribution in [3.63, 3.8) is 0 Å². The van der Waals surface area contributed by atoms with Gasteiger partial charge in [0.05, 0.1) is 12.8 Å². The third-order valence-electron chi connectivity index (χ3n) is 3.63. The molecule has 1 heterocycles. The highest BCUT2D eigenvalue weighted by Crippen LogP contribution is 2.26. The summed E-state index contributed by atoms with van der Waals surface area (Å²) in [6, 6.07) is 15.5. The van der Waals surface area contributed by atoms with Crippen LogP contribution in [0.5, 0.6) is 11.5 Å². The SMILES string of the molecule is COc1ccc(CNCc2ccccc2-n2cccn2)cc1O. The molecule has 0 amide bonds. The largest absolute Gasteiger partial charge is 0.504 e. The molecule has 3 rings (SSSR count). The number of phenols is 1. The van der Waals surface area contributed by atoms with Gasteiger partial charge in [-0.25, -0.2) is 4.68 Å². The van der Waals surface area contributed by atoms with Gasteiger partial charge in [-0.1, -0.05) is 24.3 Å². The first-order valence-corrected chi connectivity index (χ1v) is 7.42. The average Bonchev–Trinajstić information content (AvgIpc) is 3.10. The fourth-order valence-electron chi connectivity index (χ4n) is 2.48. The highest BCUT2D eigenvalue weighted by Gasteiger charge is 2.05. The number of benzene rings is 2. The van der Waals surface area contributed by atoms with Gasteiger partial charge in [-0.05, 0) is 35.4 Å². The number of methoxy groups -OCH3 is 1. The molecule has 0 spiro atoms. The number of nitrogens with one attached hydrogen (secondary N) is 1. The van der Waals surface area contributed by atoms with Crippen molar-refractivity contribution in [2.75, 3.05) is 7.11 Å². The Labute approximate surface area is 135 Å². The molecular weight excluding hydrogens is 290 g/mol. The lowest BCUT2D eigenvalue weighted by Crippen LogP contribution is -2.14. The molecule has 2 N–H and O–H groups in total. The second kappa shape index (κ2) is 6.98. The zero-order chi connectivity index (χ0) is 16.1. The molecule has 3 aromatic rings. The highest BCUT2D eigenvalue weighted by molar-refractivity contribution is 5.42. The first kappa shape index (κ1) is 15.1. The molecule has 0 bridgehead atoms. The molecule has 0 aliphatic carbocycles. The molecule has 0 fully saturated rings. The molecule has 1 aromatic heterocycles. The molecule has 0 saturated carbocycles. The number of hydrogen-bond donors (Lipinski definition) is 2. The Morgan fingerprint density at radius 2 is 2.00 bits per heavy atom. The summed E-state index contributed by atoms with van der Waals surface area (Å²) in [5, 5.41) is 17.5. The Bertz CT molecular complexity index is 770. The van der Waals surface area contributed by atoms with Crippen LogP contribution >= 0.6 is 0 Å². The van der Waals surface area contributed by atoms with E-state index in [1.807, 2.05) is 41.2 Å². The van der Waals surface area contributed by atoms with Crippen LogP contribution in [0.15, 0.2) is 60.9 Å². The minimum Gasteiger partial charge on any atom is -0.504 e. The molecule has 23 heavy (non-hydrogen) atoms. The molecule has 0 unspecified atom stereocenters. The predicted molar refractivity (Wildman–Crippen MR) is 88.8 cm³/mol. The number of ether oxygens (including phenoxy) is 1. The summed E-state index contributed by atoms with van der Waals surface area (Å²) < 4.78 is 6.91. The Balaban J connectivity index is 1.67. The van der Waals surface area contributed by atoms with E-state index in [2.05, 4.69) is 16.5 Å². The quantitative estimate of drug-likeness (QED) is 0.735. The molecule has 118 valence electrons. The zero-order valence-electron chi connectivity index (χ0n) is 12.9. The number of hydrogen-bond acceptors (Lipinski definition) is 4. The van der Waals surface area contributed by atoms with Crippen molar-refractivity contribution in [3.05, 3.63) is 72.1 Å². The topological polar surface area (TPSA) is 59.3 Å². The summed E-state index contributed by atoms with van der Waals surface area (Å²) in [5.74, 6) is 0.640. The van der Waals surface area contributed by atoms with Gasteiger partial charge in [-0.2, -0.15) is 5.10 Å². The van der Waals surface area contributed by atoms with E-state index in [4.69, 9.17) is 4.74 Å². The Hall–Kier alpha value is -2.79. The number of phenolic OH excluding ortho intramolecular Hbond substituents is 1. The van der Waals surface area contributed by atoms with Crippen LogP contribution in [0.3, 0.4) is 0 Å². The molecule has 0 radical (unpaired) electrons. The van der Waals surface area contributed by atoms with Crippen LogP contribution in [-0.2, 0) is 13.1 Å². The van der Waals surface area contributed by atoms with Crippen LogP contribution in [0.4, 0.5) is 0 Å². The smallest absolute Gasteiger partial charge is 0.160 e. The van der Waals surface area contributed by atoms with Gasteiger partial charge < -0.3 is 15.2 Å². The van der Waals surface area contributed by atoms with E-state index in [1.54, 1.807) is 25.4 Å². The van der Waals surface area contributed by atoms with Gasteiger partial charge >= 0.3 is 0 Å². The van der Waals surface area contributed by atoms with Crippen LogP contribution in [0.1, 0.15) is 11.1 Å². The number of para-hydroxylation sites is 1. The summed E-state index contributed by atoms with van der Waals surface area (Å²) in [6.07, 6.45) is 3.70. The van der Waals surface area contributed by atoms with Crippen LogP contribution in [0.2, 0.25) is 0 Å². The Kier molecular flexibility index (Phi) is 4.59. The van der Waals surface area contributed by atoms with Crippen molar-refractivity contribution < 1.29 is 9.84 Å². The van der Waals surface area contributed by atoms with Crippen molar-refractivity contribution in [2.45, 2.75) is 13.1 Å². The molecule has 0 atom stereocenters. The molecule has 0 saturated heterocycles. The van der Waals surface area contributed by atoms with Crippen LogP contribution in [0.25, 0.3) is 5.69 Å². The van der Waals surface area contributed by atoms with Crippen LogP contribution in [-0.4, -0.2) is 22.0 Å². The van der Waals surface area contributed by atoms with Gasteiger partial charge in [0, 0.05) is 25.5 Å². The first-order chi connectivity index (χ1) is 11.3. The van der Waals surface area contributed by atoms with Crippen molar-refractivity contribution in [1.82, 2.24) is 15.1 Å². The fourth-order valence-corrected chi connectivity index (χ4v) is 2.48. The number of nitrogens with zero attached hydrogens (tertiary/aromatic N) is 2. The lowest BCUT2D eigenvalue weighted by molar-refractivity contribution is 0.373. The summed E-state index contributed by atoms with van der Waals surface area (Å²) in [7, 11) is 1.54. The molecular formula is C18H19N3O2. The maximum Gasteiger partial charge on any atom is 0.160 e. The van der Waals surface area contributed by atoms with Gasteiger partial charge in [-0.15, -0.1) is 0 Å². The first-order valence-electron chi connectivity index (χ1n) is 7.42. The van der Waals surface area contributed by atoms with E-state index in [1.165, 1.54) is 0 Å². The predicted octanol–water partition coefficient (Wildman–Crippen LogP) is 2.88. The zero-order valence-corrected chi connectivity index (χ0v) is 12.9. The monoisotopic (exact) mass is 309 g/mol. The van der Waals surface area contributed by atoms with E-state index >= 15 is 0 Å². The van der Waals surface area contributed by atoms with Gasteiger partial charge in [0.1, 0.15) is 0 Å². The minimum absolute atomic E-state index is 0.156. The van der Waals surface area contributed by atoms with Crippen LogP contribution < -0.4 is 10.1 Å². The Morgan fingerprint density at radius 1 is 1.13 bits per heavy atom. The van der Waals surface area contributed by atoms with E-state index in [0.717, 1.165) is 16.8 Å². The van der Waals surface area contributed by atoms with Crippen molar-refractivity contribution in [1.29, 1.82) is 0 Å². The molecule has 5 heteroatoms. The summed E-state index contributed by atoms with van der Waals surface area (Å²) in [6.45, 7) is 1.37. The van der Waals surface area contributed by atoms with E-state index < -0.39 is 0 Å². The van der Waals surface area contributed by atoms with Crippen molar-refractivity contribution in [2.24, 2.45) is 0 Å². The fraction of sp³-hybridized carbons (Fsp3) is 0.167. The maximum atomic E-state index is 9.81. The minimum atomic E-state index is 0.156. The second-order valence-corrected chi connectivity index (χ2v) is 5.19. The summed E-state index contributed by atoms with van der Waals surface area (Å²) >= 11 is 0. The normalized spacial score (nSPS) is 10.7. The third-order valence-corrected chi connectivity index (χ3v) is 3.63. The standard InChI is InChI=1S/C18H19N3O2/c1-23-18-8-7-14(11-17(18)22)12-19-13-15-5-2-3-6-16(15)21-10-4-9-20-21/h2-11,19,22H,12-13H2,1H3. The number of rotatable bonds is 6. The Morgan fingerprint density at radius 3 is 2.74 bits per heavy atom. The van der Waals surface area contributed by atoms with Gasteiger partial charge in [-0.3, -0.25) is 0 Å². The van der Waals surface area contributed by atoms with Crippen molar-refractivity contribution in [3.8, 4) is 17.2 Å². The molecule has 0 aliphatic heterocycles. The summed E-state index contributed by atoms with van der Waals surface area (Å²) in [4.78, 5) is 0. The van der Waals surface area contributed by atoms with Gasteiger partial charge in [0.15, 0.2) is 11.5 Å². The molecule has 5 nitrogen and oxygen atoms in total. The third kappa shape index (κ3) is 3.52. The van der Waals surface area contributed by atoms with Crippen molar-refractivity contribution >= 4 is 0 Å². The van der Waals surface area contributed by atoms with E-state index in [9.17, 15) is 5.11 Å². The number of aromatic hydroxyl groups is 1. The lowest BCUT2D eigenvalue weighted by Gasteiger charge is -2.11. The van der Waals surface area contributed by atoms with E-state index in [-0.39, 0.29) is 5.75 Å². The summed E-state index contributed by atoms with van der Waals surface area (Å²) in [5.41, 5.74) is 3.22. The van der Waals surface area contributed by atoms with Gasteiger partial charge in [0.2, 0.25) is 0 Å². The lowest BCUT2D eigenvalue weighted by atomic mass is 10.1. The van der Waals surface area contributed by atoms with E-state index in [0.29, 0.717) is 18.8 Å². The average molecular weight is 309 g/mol. The van der Waals surface area contributed by atoms with Crippen LogP contribution in [0, 0.1) is 0 Å². The molecule has 0 aliphatic rings. The maximum absolute atomic E-state index is 9.81. The number of aromatic nitrogens is 2. The second-order valence-electron chi connectivity index (χ2n) is 5.19. The highest BCUT2D eigenvalue weighted by atomic mass is 16.5.